The van der Waals surface area contributed by atoms with Gasteiger partial charge in [-0.3, -0.25) is 9.59 Å². The highest BCUT2D eigenvalue weighted by molar-refractivity contribution is 6.30. The van der Waals surface area contributed by atoms with Crippen LogP contribution in [0, 0.1) is 11.8 Å². The van der Waals surface area contributed by atoms with Crippen LogP contribution in [0.25, 0.3) is 11.0 Å². The van der Waals surface area contributed by atoms with Gasteiger partial charge in [0.05, 0.1) is 17.6 Å². The van der Waals surface area contributed by atoms with Crippen molar-refractivity contribution in [2.75, 3.05) is 13.1 Å². The number of nitrogens with zero attached hydrogens (tertiary/aromatic N) is 3. The molecule has 1 aromatic heterocycles. The number of carbonyl (C=O) groups is 2. The summed E-state index contributed by atoms with van der Waals surface area (Å²) in [6.07, 6.45) is 0. The first-order chi connectivity index (χ1) is 15.2. The zero-order valence-corrected chi connectivity index (χ0v) is 19.9. The summed E-state index contributed by atoms with van der Waals surface area (Å²) in [4.78, 5) is 32.4. The topological polar surface area (TPSA) is 67.2 Å². The largest absolute Gasteiger partial charge is 0.345 e. The number of nitrogens with one attached hydrogen (secondary N) is 1. The monoisotopic (exact) mass is 454 g/mol. The van der Waals surface area contributed by atoms with Crippen LogP contribution in [0.2, 0.25) is 5.02 Å². The third kappa shape index (κ3) is 6.10. The molecule has 2 amide bonds. The maximum absolute atomic E-state index is 13.2. The van der Waals surface area contributed by atoms with Crippen LogP contribution in [0.1, 0.15) is 43.9 Å². The average Bonchev–Trinajstić information content (AvgIpc) is 3.08. The Hall–Kier alpha value is -2.86. The first kappa shape index (κ1) is 23.8. The van der Waals surface area contributed by atoms with Crippen molar-refractivity contribution in [3.63, 3.8) is 0 Å². The van der Waals surface area contributed by atoms with E-state index in [2.05, 4.69) is 38.0 Å². The molecule has 0 unspecified atom stereocenters. The van der Waals surface area contributed by atoms with Crippen molar-refractivity contribution >= 4 is 34.4 Å². The van der Waals surface area contributed by atoms with Crippen LogP contribution >= 0.6 is 11.6 Å². The van der Waals surface area contributed by atoms with Gasteiger partial charge < -0.3 is 14.8 Å². The number of hydrogen-bond acceptors (Lipinski definition) is 3. The molecule has 2 aromatic carbocycles. The smallest absolute Gasteiger partial charge is 0.251 e. The maximum atomic E-state index is 13.2. The van der Waals surface area contributed by atoms with E-state index in [1.165, 1.54) is 0 Å². The number of para-hydroxylation sites is 2. The van der Waals surface area contributed by atoms with Crippen LogP contribution in [0.4, 0.5) is 0 Å². The lowest BCUT2D eigenvalue weighted by molar-refractivity contribution is -0.132. The average molecular weight is 455 g/mol. The van der Waals surface area contributed by atoms with Crippen molar-refractivity contribution in [3.8, 4) is 0 Å². The van der Waals surface area contributed by atoms with Crippen molar-refractivity contribution < 1.29 is 9.59 Å². The van der Waals surface area contributed by atoms with E-state index in [0.29, 0.717) is 41.3 Å². The maximum Gasteiger partial charge on any atom is 0.251 e. The summed E-state index contributed by atoms with van der Waals surface area (Å²) in [5, 5.41) is 3.49. The quantitative estimate of drug-likeness (QED) is 0.506. The first-order valence-electron chi connectivity index (χ1n) is 11.0. The Balaban J connectivity index is 1.82. The molecule has 0 fully saturated rings. The highest BCUT2D eigenvalue weighted by Crippen LogP contribution is 2.18. The van der Waals surface area contributed by atoms with Gasteiger partial charge in [0, 0.05) is 23.7 Å². The van der Waals surface area contributed by atoms with E-state index in [9.17, 15) is 9.59 Å². The normalized spacial score (nSPS) is 11.3. The molecule has 0 aliphatic rings. The van der Waals surface area contributed by atoms with E-state index in [1.807, 2.05) is 33.7 Å². The van der Waals surface area contributed by atoms with Crippen molar-refractivity contribution in [3.05, 3.63) is 64.9 Å². The lowest BCUT2D eigenvalue weighted by atomic mass is 10.1. The van der Waals surface area contributed by atoms with Gasteiger partial charge in [0.15, 0.2) is 0 Å². The molecule has 0 spiro atoms. The Morgan fingerprint density at radius 1 is 1.00 bits per heavy atom. The van der Waals surface area contributed by atoms with Gasteiger partial charge in [-0.05, 0) is 48.2 Å². The standard InChI is InChI=1S/C25H31ClN4O2/c1-17(2)14-29(15-18(3)4)24(31)16-30-22-8-6-5-7-21(22)28-23(30)13-27-25(32)19-9-11-20(26)12-10-19/h5-12,17-18H,13-16H2,1-4H3,(H,27,32). The van der Waals surface area contributed by atoms with Crippen molar-refractivity contribution in [2.24, 2.45) is 11.8 Å². The molecule has 7 heteroatoms. The minimum atomic E-state index is -0.215. The number of fused-ring (bicyclic) bond motifs is 1. The second kappa shape index (κ2) is 10.6. The summed E-state index contributed by atoms with van der Waals surface area (Å²) < 4.78 is 1.91. The first-order valence-corrected chi connectivity index (χ1v) is 11.4. The van der Waals surface area contributed by atoms with Crippen LogP contribution in [0.3, 0.4) is 0 Å². The van der Waals surface area contributed by atoms with E-state index in [4.69, 9.17) is 11.6 Å². The van der Waals surface area contributed by atoms with Gasteiger partial charge in [0.1, 0.15) is 12.4 Å². The summed E-state index contributed by atoms with van der Waals surface area (Å²) in [5.41, 5.74) is 2.20. The lowest BCUT2D eigenvalue weighted by Crippen LogP contribution is -2.39. The molecule has 170 valence electrons. The molecule has 1 heterocycles. The zero-order valence-electron chi connectivity index (χ0n) is 19.1. The van der Waals surface area contributed by atoms with Crippen molar-refractivity contribution in [2.45, 2.75) is 40.8 Å². The number of aromatic nitrogens is 2. The number of imidazole rings is 1. The number of benzene rings is 2. The van der Waals surface area contributed by atoms with E-state index in [0.717, 1.165) is 11.0 Å². The van der Waals surface area contributed by atoms with Gasteiger partial charge in [-0.15, -0.1) is 0 Å². The number of hydrogen-bond donors (Lipinski definition) is 1. The van der Waals surface area contributed by atoms with Gasteiger partial charge in [-0.2, -0.15) is 0 Å². The van der Waals surface area contributed by atoms with Gasteiger partial charge in [0.2, 0.25) is 5.91 Å². The second-order valence-corrected chi connectivity index (χ2v) is 9.32. The van der Waals surface area contributed by atoms with Crippen LogP contribution in [-0.2, 0) is 17.9 Å². The Morgan fingerprint density at radius 3 is 2.25 bits per heavy atom. The number of rotatable bonds is 9. The predicted molar refractivity (Wildman–Crippen MR) is 129 cm³/mol. The third-order valence-electron chi connectivity index (χ3n) is 5.06. The molecule has 1 N–H and O–H groups in total. The molecule has 32 heavy (non-hydrogen) atoms. The van der Waals surface area contributed by atoms with E-state index in [-0.39, 0.29) is 24.9 Å². The fraction of sp³-hybridized carbons (Fsp3) is 0.400. The molecule has 0 bridgehead atoms. The number of carbonyl (C=O) groups excluding carboxylic acids is 2. The highest BCUT2D eigenvalue weighted by Gasteiger charge is 2.20. The van der Waals surface area contributed by atoms with Crippen molar-refractivity contribution in [1.29, 1.82) is 0 Å². The van der Waals surface area contributed by atoms with Gasteiger partial charge in [-0.25, -0.2) is 4.98 Å². The number of amides is 2. The minimum absolute atomic E-state index is 0.0563. The Morgan fingerprint density at radius 2 is 1.62 bits per heavy atom. The molecule has 3 rings (SSSR count). The molecule has 0 aliphatic heterocycles. The van der Waals surface area contributed by atoms with E-state index >= 15 is 0 Å². The van der Waals surface area contributed by atoms with Crippen LogP contribution in [0.5, 0.6) is 0 Å². The Kier molecular flexibility index (Phi) is 7.91. The summed E-state index contributed by atoms with van der Waals surface area (Å²) in [6.45, 7) is 10.3. The van der Waals surface area contributed by atoms with E-state index in [1.54, 1.807) is 24.3 Å². The minimum Gasteiger partial charge on any atom is -0.345 e. The van der Waals surface area contributed by atoms with Gasteiger partial charge in [0.25, 0.3) is 5.91 Å². The highest BCUT2D eigenvalue weighted by atomic mass is 35.5. The number of halogens is 1. The van der Waals surface area contributed by atoms with Crippen LogP contribution in [0.15, 0.2) is 48.5 Å². The summed E-state index contributed by atoms with van der Waals surface area (Å²) >= 11 is 5.91. The summed E-state index contributed by atoms with van der Waals surface area (Å²) in [6, 6.07) is 14.4. The Bertz CT molecular complexity index is 1060. The zero-order chi connectivity index (χ0) is 23.3. The SMILES string of the molecule is CC(C)CN(CC(C)C)C(=O)Cn1c(CNC(=O)c2ccc(Cl)cc2)nc2ccccc21. The summed E-state index contributed by atoms with van der Waals surface area (Å²) in [5.74, 6) is 1.26. The molecule has 3 aromatic rings. The molecular formula is C25H31ClN4O2. The Labute approximate surface area is 194 Å². The molecule has 0 saturated heterocycles. The fourth-order valence-corrected chi connectivity index (χ4v) is 3.82. The van der Waals surface area contributed by atoms with Crippen LogP contribution in [-0.4, -0.2) is 39.4 Å². The molecule has 0 atom stereocenters. The second-order valence-electron chi connectivity index (χ2n) is 8.88. The molecular weight excluding hydrogens is 424 g/mol. The molecule has 0 aliphatic carbocycles. The summed E-state index contributed by atoms with van der Waals surface area (Å²) in [7, 11) is 0. The van der Waals surface area contributed by atoms with Crippen LogP contribution < -0.4 is 5.32 Å². The van der Waals surface area contributed by atoms with Gasteiger partial charge in [-0.1, -0.05) is 51.4 Å². The molecule has 0 saturated carbocycles. The van der Waals surface area contributed by atoms with Gasteiger partial charge >= 0.3 is 0 Å². The van der Waals surface area contributed by atoms with E-state index < -0.39 is 0 Å². The lowest BCUT2D eigenvalue weighted by Gasteiger charge is -2.27. The fourth-order valence-electron chi connectivity index (χ4n) is 3.69. The molecule has 0 radical (unpaired) electrons. The predicted octanol–water partition coefficient (Wildman–Crippen LogP) is 4.76. The third-order valence-corrected chi connectivity index (χ3v) is 5.32. The molecule has 6 nitrogen and oxygen atoms in total. The van der Waals surface area contributed by atoms with Crippen molar-refractivity contribution in [1.82, 2.24) is 19.8 Å².